The van der Waals surface area contributed by atoms with Crippen molar-refractivity contribution in [3.63, 3.8) is 0 Å². The summed E-state index contributed by atoms with van der Waals surface area (Å²) < 4.78 is 44.4. The molecule has 0 saturated carbocycles. The molecule has 140 valence electrons. The van der Waals surface area contributed by atoms with Crippen LogP contribution in [0.1, 0.15) is 28.0 Å². The third-order valence-electron chi connectivity index (χ3n) is 4.35. The number of aromatic nitrogens is 2. The molecule has 1 aliphatic rings. The van der Waals surface area contributed by atoms with Gasteiger partial charge in [0.05, 0.1) is 28.4 Å². The lowest BCUT2D eigenvalue weighted by molar-refractivity contribution is -0.137. The summed E-state index contributed by atoms with van der Waals surface area (Å²) in [6.07, 6.45) is -2.87. The van der Waals surface area contributed by atoms with Gasteiger partial charge in [0, 0.05) is 11.5 Å². The van der Waals surface area contributed by atoms with Crippen LogP contribution in [-0.2, 0) is 12.6 Å². The topological polar surface area (TPSA) is 67.0 Å². The predicted molar refractivity (Wildman–Crippen MR) is 94.3 cm³/mol. The van der Waals surface area contributed by atoms with Gasteiger partial charge in [-0.3, -0.25) is 9.89 Å². The van der Waals surface area contributed by atoms with E-state index in [9.17, 15) is 18.0 Å². The van der Waals surface area contributed by atoms with Crippen LogP contribution in [0.5, 0.6) is 5.75 Å². The first-order valence-electron chi connectivity index (χ1n) is 8.15. The Balaban J connectivity index is 1.67. The summed E-state index contributed by atoms with van der Waals surface area (Å²) in [5.41, 5.74) is 0.606. The van der Waals surface area contributed by atoms with Crippen molar-refractivity contribution in [3.8, 4) is 5.75 Å². The number of nitrogens with one attached hydrogen (secondary N) is 2. The molecule has 0 fully saturated rings. The maximum absolute atomic E-state index is 13.0. The lowest BCUT2D eigenvalue weighted by Gasteiger charge is -2.19. The van der Waals surface area contributed by atoms with Crippen molar-refractivity contribution < 1.29 is 22.7 Å². The first-order valence-corrected chi connectivity index (χ1v) is 8.52. The van der Waals surface area contributed by atoms with Crippen LogP contribution < -0.4 is 10.1 Å². The van der Waals surface area contributed by atoms with Gasteiger partial charge >= 0.3 is 6.18 Å². The molecule has 0 atom stereocenters. The number of carbonyl (C=O) groups excluding carboxylic acids is 1. The number of H-pyrrole nitrogens is 1. The number of nitrogens with zero attached hydrogens (tertiary/aromatic N) is 1. The molecule has 27 heavy (non-hydrogen) atoms. The van der Waals surface area contributed by atoms with Crippen molar-refractivity contribution in [2.45, 2.75) is 19.0 Å². The lowest BCUT2D eigenvalue weighted by Crippen LogP contribution is -2.15. The molecule has 0 aliphatic carbocycles. The standard InChI is InChI=1S/C18H13ClF3N3O2/c19-12-8-15-9(2-1-5-27-15)6-14(12)23-17(26)16-11-7-10(18(20,21)22)3-4-13(11)24-25-16/h3-4,6-8H,1-2,5H2,(H,23,26)(H,24,25). The van der Waals surface area contributed by atoms with Crippen molar-refractivity contribution >= 4 is 34.1 Å². The van der Waals surface area contributed by atoms with Gasteiger partial charge in [-0.15, -0.1) is 0 Å². The van der Waals surface area contributed by atoms with Gasteiger partial charge in [0.1, 0.15) is 5.75 Å². The van der Waals surface area contributed by atoms with E-state index in [4.69, 9.17) is 16.3 Å². The highest BCUT2D eigenvalue weighted by molar-refractivity contribution is 6.34. The molecule has 0 spiro atoms. The second kappa shape index (κ2) is 6.45. The van der Waals surface area contributed by atoms with Crippen LogP contribution in [0.4, 0.5) is 18.9 Å². The number of rotatable bonds is 2. The Labute approximate surface area is 156 Å². The average molecular weight is 396 g/mol. The Hall–Kier alpha value is -2.74. The highest BCUT2D eigenvalue weighted by Crippen LogP contribution is 2.35. The summed E-state index contributed by atoms with van der Waals surface area (Å²) in [6, 6.07) is 6.41. The fourth-order valence-corrected chi connectivity index (χ4v) is 3.22. The smallest absolute Gasteiger partial charge is 0.416 e. The van der Waals surface area contributed by atoms with Gasteiger partial charge in [0.2, 0.25) is 0 Å². The van der Waals surface area contributed by atoms with Crippen molar-refractivity contribution in [1.82, 2.24) is 10.2 Å². The molecule has 2 N–H and O–H groups in total. The highest BCUT2D eigenvalue weighted by Gasteiger charge is 2.31. The maximum atomic E-state index is 13.0. The minimum Gasteiger partial charge on any atom is -0.493 e. The lowest BCUT2D eigenvalue weighted by atomic mass is 10.1. The molecule has 1 aliphatic heterocycles. The van der Waals surface area contributed by atoms with Gasteiger partial charge in [-0.2, -0.15) is 18.3 Å². The molecule has 3 aromatic rings. The number of ether oxygens (including phenoxy) is 1. The van der Waals surface area contributed by atoms with Crippen molar-refractivity contribution in [3.05, 3.63) is 52.2 Å². The number of benzene rings is 2. The summed E-state index contributed by atoms with van der Waals surface area (Å²) in [6.45, 7) is 0.607. The minimum atomic E-state index is -4.51. The van der Waals surface area contributed by atoms with Crippen LogP contribution in [0.2, 0.25) is 5.02 Å². The maximum Gasteiger partial charge on any atom is 0.416 e. The zero-order valence-corrected chi connectivity index (χ0v) is 14.5. The molecule has 5 nitrogen and oxygen atoms in total. The largest absolute Gasteiger partial charge is 0.493 e. The van der Waals surface area contributed by atoms with E-state index < -0.39 is 17.6 Å². The summed E-state index contributed by atoms with van der Waals surface area (Å²) in [7, 11) is 0. The van der Waals surface area contributed by atoms with E-state index >= 15 is 0 Å². The van der Waals surface area contributed by atoms with E-state index in [2.05, 4.69) is 15.5 Å². The highest BCUT2D eigenvalue weighted by atomic mass is 35.5. The van der Waals surface area contributed by atoms with Gasteiger partial charge < -0.3 is 10.1 Å². The van der Waals surface area contributed by atoms with E-state index in [0.717, 1.165) is 30.5 Å². The quantitative estimate of drug-likeness (QED) is 0.654. The van der Waals surface area contributed by atoms with E-state index in [1.54, 1.807) is 12.1 Å². The molecule has 0 bridgehead atoms. The van der Waals surface area contributed by atoms with Crippen LogP contribution >= 0.6 is 11.6 Å². The second-order valence-corrected chi connectivity index (χ2v) is 6.58. The predicted octanol–water partition coefficient (Wildman–Crippen LogP) is 4.81. The number of fused-ring (bicyclic) bond motifs is 2. The molecule has 2 aromatic carbocycles. The van der Waals surface area contributed by atoms with E-state index in [-0.39, 0.29) is 16.1 Å². The summed E-state index contributed by atoms with van der Waals surface area (Å²) in [5.74, 6) is 0.0171. The molecule has 0 radical (unpaired) electrons. The molecule has 0 saturated heterocycles. The Kier molecular flexibility index (Phi) is 4.22. The average Bonchev–Trinajstić information content (AvgIpc) is 3.05. The van der Waals surface area contributed by atoms with E-state index in [1.807, 2.05) is 0 Å². The Morgan fingerprint density at radius 1 is 1.26 bits per heavy atom. The fraction of sp³-hybridized carbons (Fsp3) is 0.222. The third kappa shape index (κ3) is 3.32. The first kappa shape index (κ1) is 17.7. The van der Waals surface area contributed by atoms with E-state index in [1.165, 1.54) is 6.07 Å². The third-order valence-corrected chi connectivity index (χ3v) is 4.66. The Morgan fingerprint density at radius 2 is 2.07 bits per heavy atom. The zero-order valence-electron chi connectivity index (χ0n) is 13.8. The number of carbonyl (C=O) groups is 1. The molecule has 1 amide bonds. The molecular formula is C18H13ClF3N3O2. The fourth-order valence-electron chi connectivity index (χ4n) is 3.02. The number of aromatic amines is 1. The monoisotopic (exact) mass is 395 g/mol. The molecule has 0 unspecified atom stereocenters. The van der Waals surface area contributed by atoms with Gasteiger partial charge in [-0.1, -0.05) is 11.6 Å². The van der Waals surface area contributed by atoms with Crippen LogP contribution in [0.15, 0.2) is 30.3 Å². The van der Waals surface area contributed by atoms with Gasteiger partial charge in [-0.05, 0) is 42.7 Å². The van der Waals surface area contributed by atoms with Crippen LogP contribution in [0.25, 0.3) is 10.9 Å². The number of alkyl halides is 3. The van der Waals surface area contributed by atoms with Gasteiger partial charge in [0.25, 0.3) is 5.91 Å². The van der Waals surface area contributed by atoms with E-state index in [0.29, 0.717) is 23.6 Å². The van der Waals surface area contributed by atoms with Crippen molar-refractivity contribution in [2.24, 2.45) is 0 Å². The normalized spacial score (nSPS) is 13.9. The molecule has 2 heterocycles. The Bertz CT molecular complexity index is 1050. The van der Waals surface area contributed by atoms with Crippen LogP contribution in [-0.4, -0.2) is 22.7 Å². The zero-order chi connectivity index (χ0) is 19.2. The Morgan fingerprint density at radius 3 is 2.85 bits per heavy atom. The summed E-state index contributed by atoms with van der Waals surface area (Å²) in [5, 5.41) is 9.41. The van der Waals surface area contributed by atoms with Gasteiger partial charge in [0.15, 0.2) is 5.69 Å². The number of anilines is 1. The second-order valence-electron chi connectivity index (χ2n) is 6.18. The molecular weight excluding hydrogens is 383 g/mol. The minimum absolute atomic E-state index is 0.0831. The number of hydrogen-bond acceptors (Lipinski definition) is 3. The molecule has 9 heteroatoms. The SMILES string of the molecule is O=C(Nc1cc2c(cc1Cl)OCCC2)c1n[nH]c2ccc(C(F)(F)F)cc12. The molecule has 1 aromatic heterocycles. The summed E-state index contributed by atoms with van der Waals surface area (Å²) in [4.78, 5) is 12.6. The molecule has 4 rings (SSSR count). The first-order chi connectivity index (χ1) is 12.8. The van der Waals surface area contributed by atoms with Crippen molar-refractivity contribution in [1.29, 1.82) is 0 Å². The van der Waals surface area contributed by atoms with Crippen LogP contribution in [0.3, 0.4) is 0 Å². The summed E-state index contributed by atoms with van der Waals surface area (Å²) >= 11 is 6.20. The number of aryl methyl sites for hydroxylation is 1. The van der Waals surface area contributed by atoms with Crippen molar-refractivity contribution in [2.75, 3.05) is 11.9 Å². The number of halogens is 4. The number of hydrogen-bond donors (Lipinski definition) is 2. The number of amides is 1. The van der Waals surface area contributed by atoms with Gasteiger partial charge in [-0.25, -0.2) is 0 Å². The van der Waals surface area contributed by atoms with Crippen LogP contribution in [0, 0.1) is 0 Å².